The fraction of sp³-hybridized carbons (Fsp3) is 0.333. The molecule has 13 heavy (non-hydrogen) atoms. The Bertz CT molecular complexity index is 258. The number of nitrogens with two attached hydrogens (primary N) is 1. The average Bonchev–Trinajstić information content (AvgIpc) is 2.10. The number of halogens is 1. The van der Waals surface area contributed by atoms with E-state index in [4.69, 9.17) is 13.5 Å². The lowest BCUT2D eigenvalue weighted by Gasteiger charge is -2.10. The highest BCUT2D eigenvalue weighted by atomic mass is 127. The molecule has 1 aromatic rings. The first-order valence-electron chi connectivity index (χ1n) is 3.97. The summed E-state index contributed by atoms with van der Waals surface area (Å²) in [5.41, 5.74) is 7.46. The zero-order chi connectivity index (χ0) is 9.68. The van der Waals surface area contributed by atoms with Crippen LogP contribution >= 0.6 is 23.0 Å². The predicted molar refractivity (Wildman–Crippen MR) is 61.1 cm³/mol. The molecule has 0 fully saturated rings. The highest BCUT2D eigenvalue weighted by molar-refractivity contribution is 14.1. The molecule has 3 nitrogen and oxygen atoms in total. The maximum absolute atomic E-state index is 5.74. The van der Waals surface area contributed by atoms with Gasteiger partial charge in [-0.2, -0.15) is 0 Å². The number of benzene rings is 1. The SMILES string of the molecule is Cc1cccc(N)c1OCCOI. The van der Waals surface area contributed by atoms with Crippen molar-refractivity contribution in [1.29, 1.82) is 0 Å². The van der Waals surface area contributed by atoms with Crippen molar-refractivity contribution in [3.05, 3.63) is 23.8 Å². The van der Waals surface area contributed by atoms with Gasteiger partial charge in [-0.25, -0.2) is 0 Å². The van der Waals surface area contributed by atoms with E-state index in [2.05, 4.69) is 0 Å². The van der Waals surface area contributed by atoms with Crippen LogP contribution in [-0.2, 0) is 3.07 Å². The van der Waals surface area contributed by atoms with Crippen molar-refractivity contribution in [3.8, 4) is 5.75 Å². The predicted octanol–water partition coefficient (Wildman–Crippen LogP) is 2.32. The maximum Gasteiger partial charge on any atom is 0.145 e. The molecule has 0 aliphatic carbocycles. The summed E-state index contributed by atoms with van der Waals surface area (Å²) in [5.74, 6) is 0.760. The molecule has 1 rings (SSSR count). The molecule has 4 heteroatoms. The summed E-state index contributed by atoms with van der Waals surface area (Å²) >= 11 is 1.84. The summed E-state index contributed by atoms with van der Waals surface area (Å²) in [7, 11) is 0. The molecule has 0 heterocycles. The fourth-order valence-corrected chi connectivity index (χ4v) is 1.23. The maximum atomic E-state index is 5.74. The van der Waals surface area contributed by atoms with Crippen LogP contribution in [0, 0.1) is 6.92 Å². The van der Waals surface area contributed by atoms with E-state index >= 15 is 0 Å². The van der Waals surface area contributed by atoms with Crippen LogP contribution in [-0.4, -0.2) is 13.2 Å². The molecule has 0 atom stereocenters. The Hall–Kier alpha value is -0.490. The van der Waals surface area contributed by atoms with Crippen molar-refractivity contribution in [2.24, 2.45) is 0 Å². The number of hydrogen-bond donors (Lipinski definition) is 1. The smallest absolute Gasteiger partial charge is 0.145 e. The van der Waals surface area contributed by atoms with Gasteiger partial charge in [0.25, 0.3) is 0 Å². The third-order valence-electron chi connectivity index (χ3n) is 1.65. The Balaban J connectivity index is 2.64. The molecule has 72 valence electrons. The molecular formula is C9H12INO2. The highest BCUT2D eigenvalue weighted by Gasteiger charge is 2.02. The van der Waals surface area contributed by atoms with E-state index in [1.807, 2.05) is 48.1 Å². The average molecular weight is 293 g/mol. The van der Waals surface area contributed by atoms with Crippen molar-refractivity contribution in [2.45, 2.75) is 6.92 Å². The van der Waals surface area contributed by atoms with Gasteiger partial charge in [0, 0.05) is 0 Å². The van der Waals surface area contributed by atoms with Crippen molar-refractivity contribution < 1.29 is 7.80 Å². The lowest BCUT2D eigenvalue weighted by atomic mass is 10.2. The fourth-order valence-electron chi connectivity index (χ4n) is 1.05. The van der Waals surface area contributed by atoms with Gasteiger partial charge in [0.2, 0.25) is 0 Å². The molecular weight excluding hydrogens is 281 g/mol. The van der Waals surface area contributed by atoms with Crippen molar-refractivity contribution in [1.82, 2.24) is 0 Å². The molecule has 0 unspecified atom stereocenters. The number of aryl methyl sites for hydroxylation is 1. The molecule has 0 aliphatic heterocycles. The first-order valence-corrected chi connectivity index (χ1v) is 4.85. The summed E-state index contributed by atoms with van der Waals surface area (Å²) < 4.78 is 10.3. The molecule has 0 spiro atoms. The summed E-state index contributed by atoms with van der Waals surface area (Å²) in [6.45, 7) is 3.06. The van der Waals surface area contributed by atoms with Gasteiger partial charge < -0.3 is 13.5 Å². The van der Waals surface area contributed by atoms with Crippen molar-refractivity contribution in [2.75, 3.05) is 18.9 Å². The van der Waals surface area contributed by atoms with Gasteiger partial charge >= 0.3 is 0 Å². The zero-order valence-electron chi connectivity index (χ0n) is 7.42. The van der Waals surface area contributed by atoms with Crippen LogP contribution in [0.3, 0.4) is 0 Å². The van der Waals surface area contributed by atoms with Crippen LogP contribution < -0.4 is 10.5 Å². The Morgan fingerprint density at radius 3 is 2.77 bits per heavy atom. The minimum atomic E-state index is 0.526. The normalized spacial score (nSPS) is 10.0. The van der Waals surface area contributed by atoms with Gasteiger partial charge in [-0.3, -0.25) is 0 Å². The number of nitrogen functional groups attached to an aromatic ring is 1. The van der Waals surface area contributed by atoms with Crippen LogP contribution in [0.5, 0.6) is 5.75 Å². The molecule has 0 bridgehead atoms. The number of rotatable bonds is 4. The van der Waals surface area contributed by atoms with E-state index in [1.54, 1.807) is 0 Å². The molecule has 1 aromatic carbocycles. The molecule has 0 saturated heterocycles. The molecule has 0 aromatic heterocycles. The first kappa shape index (κ1) is 10.6. The molecule has 2 N–H and O–H groups in total. The van der Waals surface area contributed by atoms with Crippen LogP contribution in [0.4, 0.5) is 5.69 Å². The monoisotopic (exact) mass is 293 g/mol. The summed E-state index contributed by atoms with van der Waals surface area (Å²) in [6, 6.07) is 5.70. The largest absolute Gasteiger partial charge is 0.489 e. The molecule has 0 aliphatic rings. The first-order chi connectivity index (χ1) is 6.25. The van der Waals surface area contributed by atoms with Crippen LogP contribution in [0.15, 0.2) is 18.2 Å². The van der Waals surface area contributed by atoms with E-state index in [0.717, 1.165) is 11.3 Å². The van der Waals surface area contributed by atoms with E-state index in [0.29, 0.717) is 18.9 Å². The lowest BCUT2D eigenvalue weighted by Crippen LogP contribution is -2.05. The second kappa shape index (κ2) is 5.29. The summed E-state index contributed by atoms with van der Waals surface area (Å²) in [5, 5.41) is 0. The van der Waals surface area contributed by atoms with Gasteiger partial charge in [-0.05, 0) is 18.6 Å². The van der Waals surface area contributed by atoms with Gasteiger partial charge in [-0.15, -0.1) is 0 Å². The van der Waals surface area contributed by atoms with Gasteiger partial charge in [0.05, 0.1) is 12.3 Å². The van der Waals surface area contributed by atoms with Gasteiger partial charge in [0.15, 0.2) is 0 Å². The quantitative estimate of drug-likeness (QED) is 0.526. The Labute approximate surface area is 91.9 Å². The Kier molecular flexibility index (Phi) is 4.31. The summed E-state index contributed by atoms with van der Waals surface area (Å²) in [6.07, 6.45) is 0. The third-order valence-corrected chi connectivity index (χ3v) is 2.09. The number of anilines is 1. The van der Waals surface area contributed by atoms with E-state index < -0.39 is 0 Å². The van der Waals surface area contributed by atoms with Crippen molar-refractivity contribution >= 4 is 28.7 Å². The Morgan fingerprint density at radius 2 is 2.15 bits per heavy atom. The van der Waals surface area contributed by atoms with E-state index in [9.17, 15) is 0 Å². The second-order valence-electron chi connectivity index (χ2n) is 2.65. The van der Waals surface area contributed by atoms with E-state index in [1.165, 1.54) is 0 Å². The number of para-hydroxylation sites is 1. The van der Waals surface area contributed by atoms with Crippen molar-refractivity contribution in [3.63, 3.8) is 0 Å². The second-order valence-corrected chi connectivity index (χ2v) is 3.28. The minimum absolute atomic E-state index is 0.526. The summed E-state index contributed by atoms with van der Waals surface area (Å²) in [4.78, 5) is 0. The molecule has 0 radical (unpaired) electrons. The van der Waals surface area contributed by atoms with Gasteiger partial charge in [0.1, 0.15) is 35.4 Å². The zero-order valence-corrected chi connectivity index (χ0v) is 9.58. The van der Waals surface area contributed by atoms with Gasteiger partial charge in [-0.1, -0.05) is 12.1 Å². The van der Waals surface area contributed by atoms with Crippen LogP contribution in [0.25, 0.3) is 0 Å². The highest BCUT2D eigenvalue weighted by Crippen LogP contribution is 2.25. The number of ether oxygens (including phenoxy) is 1. The van der Waals surface area contributed by atoms with E-state index in [-0.39, 0.29) is 0 Å². The number of hydrogen-bond acceptors (Lipinski definition) is 3. The topological polar surface area (TPSA) is 44.5 Å². The Morgan fingerprint density at radius 1 is 1.38 bits per heavy atom. The van der Waals surface area contributed by atoms with Crippen LogP contribution in [0.2, 0.25) is 0 Å². The molecule has 0 amide bonds. The molecule has 0 saturated carbocycles. The third kappa shape index (κ3) is 3.04. The minimum Gasteiger partial charge on any atom is -0.489 e. The standard InChI is InChI=1S/C9H12INO2/c1-7-3-2-4-8(11)9(7)12-5-6-13-10/h2-4H,5-6,11H2,1H3. The lowest BCUT2D eigenvalue weighted by molar-refractivity contribution is 0.256. The van der Waals surface area contributed by atoms with Crippen LogP contribution in [0.1, 0.15) is 5.56 Å².